The van der Waals surface area contributed by atoms with Gasteiger partial charge in [0.05, 0.1) is 11.8 Å². The zero-order chi connectivity index (χ0) is 13.8. The molecule has 2 saturated heterocycles. The van der Waals surface area contributed by atoms with Gasteiger partial charge in [-0.3, -0.25) is 9.89 Å². The molecule has 20 heavy (non-hydrogen) atoms. The number of aromatic nitrogens is 2. The highest BCUT2D eigenvalue weighted by atomic mass is 16.5. The van der Waals surface area contributed by atoms with Crippen molar-refractivity contribution in [3.63, 3.8) is 0 Å². The first-order valence-corrected chi connectivity index (χ1v) is 7.44. The SMILES string of the molecule is O=C(NC1CCN(C2CCOCC2)CC1)c1cn[nH]c1. The van der Waals surface area contributed by atoms with Gasteiger partial charge in [0.15, 0.2) is 0 Å². The second kappa shape index (κ2) is 6.37. The number of hydrogen-bond donors (Lipinski definition) is 2. The number of nitrogens with zero attached hydrogens (tertiary/aromatic N) is 2. The van der Waals surface area contributed by atoms with Crippen molar-refractivity contribution in [3.8, 4) is 0 Å². The van der Waals surface area contributed by atoms with E-state index in [1.807, 2.05) is 0 Å². The maximum absolute atomic E-state index is 12.0. The monoisotopic (exact) mass is 278 g/mol. The van der Waals surface area contributed by atoms with Crippen LogP contribution in [0.5, 0.6) is 0 Å². The summed E-state index contributed by atoms with van der Waals surface area (Å²) in [4.78, 5) is 14.5. The van der Waals surface area contributed by atoms with Crippen molar-refractivity contribution < 1.29 is 9.53 Å². The summed E-state index contributed by atoms with van der Waals surface area (Å²) in [5, 5.41) is 9.57. The maximum atomic E-state index is 12.0. The summed E-state index contributed by atoms with van der Waals surface area (Å²) in [5.41, 5.74) is 0.608. The summed E-state index contributed by atoms with van der Waals surface area (Å²) < 4.78 is 5.41. The van der Waals surface area contributed by atoms with Crippen molar-refractivity contribution in [1.29, 1.82) is 0 Å². The molecule has 2 fully saturated rings. The molecule has 2 aliphatic rings. The number of H-pyrrole nitrogens is 1. The summed E-state index contributed by atoms with van der Waals surface area (Å²) in [5.74, 6) is -0.0248. The number of likely N-dealkylation sites (tertiary alicyclic amines) is 1. The Morgan fingerprint density at radius 1 is 1.30 bits per heavy atom. The van der Waals surface area contributed by atoms with Gasteiger partial charge in [-0.05, 0) is 25.7 Å². The lowest BCUT2D eigenvalue weighted by Crippen LogP contribution is -2.49. The molecule has 0 aromatic carbocycles. The molecule has 0 unspecified atom stereocenters. The van der Waals surface area contributed by atoms with Crippen LogP contribution in [0.25, 0.3) is 0 Å². The van der Waals surface area contributed by atoms with Gasteiger partial charge in [-0.25, -0.2) is 0 Å². The smallest absolute Gasteiger partial charge is 0.254 e. The number of ether oxygens (including phenoxy) is 1. The summed E-state index contributed by atoms with van der Waals surface area (Å²) in [6, 6.07) is 0.961. The number of amides is 1. The van der Waals surface area contributed by atoms with Crippen molar-refractivity contribution >= 4 is 5.91 Å². The van der Waals surface area contributed by atoms with Gasteiger partial charge >= 0.3 is 0 Å². The minimum Gasteiger partial charge on any atom is -0.381 e. The third kappa shape index (κ3) is 3.19. The first kappa shape index (κ1) is 13.6. The molecule has 1 aromatic heterocycles. The fourth-order valence-corrected chi connectivity index (χ4v) is 3.10. The van der Waals surface area contributed by atoms with Crippen LogP contribution in [0.4, 0.5) is 0 Å². The van der Waals surface area contributed by atoms with Crippen molar-refractivity contribution in [3.05, 3.63) is 18.0 Å². The molecule has 3 heterocycles. The molecule has 6 nitrogen and oxygen atoms in total. The molecule has 3 rings (SSSR count). The Morgan fingerprint density at radius 3 is 2.70 bits per heavy atom. The summed E-state index contributed by atoms with van der Waals surface area (Å²) >= 11 is 0. The average molecular weight is 278 g/mol. The molecular weight excluding hydrogens is 256 g/mol. The van der Waals surface area contributed by atoms with Crippen LogP contribution < -0.4 is 5.32 Å². The lowest BCUT2D eigenvalue weighted by Gasteiger charge is -2.39. The molecule has 2 aliphatic heterocycles. The summed E-state index contributed by atoms with van der Waals surface area (Å²) in [6.45, 7) is 3.92. The van der Waals surface area contributed by atoms with Crippen LogP contribution in [-0.2, 0) is 4.74 Å². The van der Waals surface area contributed by atoms with Crippen LogP contribution >= 0.6 is 0 Å². The number of carbonyl (C=O) groups is 1. The minimum absolute atomic E-state index is 0.0248. The van der Waals surface area contributed by atoms with Crippen molar-refractivity contribution in [1.82, 2.24) is 20.4 Å². The lowest BCUT2D eigenvalue weighted by atomic mass is 9.99. The van der Waals surface area contributed by atoms with Gasteiger partial charge in [0.2, 0.25) is 0 Å². The lowest BCUT2D eigenvalue weighted by molar-refractivity contribution is 0.0238. The molecule has 0 radical (unpaired) electrons. The van der Waals surface area contributed by atoms with Crippen LogP contribution in [0.1, 0.15) is 36.0 Å². The van der Waals surface area contributed by atoms with E-state index >= 15 is 0 Å². The Labute approximate surface area is 118 Å². The molecule has 0 aliphatic carbocycles. The van der Waals surface area contributed by atoms with Gasteiger partial charge in [0, 0.05) is 44.6 Å². The Balaban J connectivity index is 1.45. The molecule has 2 N–H and O–H groups in total. The van der Waals surface area contributed by atoms with Crippen LogP contribution in [0.3, 0.4) is 0 Å². The standard InChI is InChI=1S/C14H22N4O2/c19-14(11-9-15-16-10-11)17-12-1-5-18(6-2-12)13-3-7-20-8-4-13/h9-10,12-13H,1-8H2,(H,15,16)(H,17,19). The average Bonchev–Trinajstić information content (AvgIpc) is 3.03. The summed E-state index contributed by atoms with van der Waals surface area (Å²) in [7, 11) is 0. The van der Waals surface area contributed by atoms with E-state index < -0.39 is 0 Å². The van der Waals surface area contributed by atoms with E-state index in [9.17, 15) is 4.79 Å². The van der Waals surface area contributed by atoms with E-state index in [-0.39, 0.29) is 11.9 Å². The van der Waals surface area contributed by atoms with E-state index in [2.05, 4.69) is 20.4 Å². The van der Waals surface area contributed by atoms with Crippen molar-refractivity contribution in [2.75, 3.05) is 26.3 Å². The van der Waals surface area contributed by atoms with Gasteiger partial charge in [-0.15, -0.1) is 0 Å². The Kier molecular flexibility index (Phi) is 4.32. The molecule has 0 atom stereocenters. The van der Waals surface area contributed by atoms with E-state index in [0.717, 1.165) is 52.0 Å². The van der Waals surface area contributed by atoms with Crippen molar-refractivity contribution in [2.24, 2.45) is 0 Å². The van der Waals surface area contributed by atoms with Gasteiger partial charge in [-0.1, -0.05) is 0 Å². The zero-order valence-electron chi connectivity index (χ0n) is 11.7. The predicted molar refractivity (Wildman–Crippen MR) is 74.5 cm³/mol. The van der Waals surface area contributed by atoms with E-state index in [1.54, 1.807) is 12.4 Å². The molecule has 0 saturated carbocycles. The highest BCUT2D eigenvalue weighted by Crippen LogP contribution is 2.20. The highest BCUT2D eigenvalue weighted by molar-refractivity contribution is 5.93. The van der Waals surface area contributed by atoms with E-state index in [4.69, 9.17) is 4.74 Å². The van der Waals surface area contributed by atoms with Crippen LogP contribution in [-0.4, -0.2) is 59.4 Å². The minimum atomic E-state index is -0.0248. The number of rotatable bonds is 3. The molecule has 0 bridgehead atoms. The van der Waals surface area contributed by atoms with Crippen LogP contribution in [0.2, 0.25) is 0 Å². The third-order valence-electron chi connectivity index (χ3n) is 4.33. The molecule has 6 heteroatoms. The highest BCUT2D eigenvalue weighted by Gasteiger charge is 2.27. The Morgan fingerprint density at radius 2 is 2.05 bits per heavy atom. The topological polar surface area (TPSA) is 70.2 Å². The molecule has 0 spiro atoms. The van der Waals surface area contributed by atoms with Crippen LogP contribution in [0, 0.1) is 0 Å². The molecule has 1 aromatic rings. The van der Waals surface area contributed by atoms with Gasteiger partial charge in [-0.2, -0.15) is 5.10 Å². The van der Waals surface area contributed by atoms with E-state index in [1.165, 1.54) is 0 Å². The Hall–Kier alpha value is -1.40. The van der Waals surface area contributed by atoms with E-state index in [0.29, 0.717) is 11.6 Å². The normalized spacial score (nSPS) is 22.8. The number of piperidine rings is 1. The van der Waals surface area contributed by atoms with Gasteiger partial charge < -0.3 is 15.0 Å². The maximum Gasteiger partial charge on any atom is 0.254 e. The van der Waals surface area contributed by atoms with Crippen LogP contribution in [0.15, 0.2) is 12.4 Å². The second-order valence-electron chi connectivity index (χ2n) is 5.61. The number of hydrogen-bond acceptors (Lipinski definition) is 4. The first-order chi connectivity index (χ1) is 9.83. The zero-order valence-corrected chi connectivity index (χ0v) is 11.7. The molecular formula is C14H22N4O2. The first-order valence-electron chi connectivity index (χ1n) is 7.44. The van der Waals surface area contributed by atoms with Crippen molar-refractivity contribution in [2.45, 2.75) is 37.8 Å². The molecule has 1 amide bonds. The largest absolute Gasteiger partial charge is 0.381 e. The predicted octanol–water partition coefficient (Wildman–Crippen LogP) is 0.783. The summed E-state index contributed by atoms with van der Waals surface area (Å²) in [6.07, 6.45) is 7.54. The quantitative estimate of drug-likeness (QED) is 0.857. The second-order valence-corrected chi connectivity index (χ2v) is 5.61. The fraction of sp³-hybridized carbons (Fsp3) is 0.714. The van der Waals surface area contributed by atoms with Gasteiger partial charge in [0.1, 0.15) is 0 Å². The Bertz CT molecular complexity index is 420. The number of aromatic amines is 1. The fourth-order valence-electron chi connectivity index (χ4n) is 3.10. The number of carbonyl (C=O) groups excluding carboxylic acids is 1. The number of nitrogens with one attached hydrogen (secondary N) is 2. The third-order valence-corrected chi connectivity index (χ3v) is 4.33. The molecule has 110 valence electrons. The van der Waals surface area contributed by atoms with Gasteiger partial charge in [0.25, 0.3) is 5.91 Å².